The summed E-state index contributed by atoms with van der Waals surface area (Å²) >= 11 is 1.32. The molecule has 132 valence electrons. The van der Waals surface area contributed by atoms with E-state index in [2.05, 4.69) is 33.9 Å². The molecule has 1 fully saturated rings. The molecule has 1 N–H and O–H groups in total. The minimum atomic E-state index is -0.491. The predicted molar refractivity (Wildman–Crippen MR) is 94.8 cm³/mol. The van der Waals surface area contributed by atoms with E-state index < -0.39 is 4.92 Å². The van der Waals surface area contributed by atoms with E-state index in [0.717, 1.165) is 23.8 Å². The van der Waals surface area contributed by atoms with E-state index in [1.807, 2.05) is 0 Å². The van der Waals surface area contributed by atoms with Crippen molar-refractivity contribution in [3.8, 4) is 0 Å². The van der Waals surface area contributed by atoms with Gasteiger partial charge in [-0.2, -0.15) is 0 Å². The average Bonchev–Trinajstić information content (AvgIpc) is 3.32. The number of rotatable bonds is 7. The first-order valence-corrected chi connectivity index (χ1v) is 9.06. The van der Waals surface area contributed by atoms with Gasteiger partial charge in [0.15, 0.2) is 5.16 Å². The number of nitro benzene ring substituents is 1. The van der Waals surface area contributed by atoms with Crippen LogP contribution >= 0.6 is 11.8 Å². The lowest BCUT2D eigenvalue weighted by Crippen LogP contribution is -2.15. The summed E-state index contributed by atoms with van der Waals surface area (Å²) in [6, 6.07) is 6.11. The molecule has 0 aliphatic heterocycles. The molecule has 1 aliphatic rings. The van der Waals surface area contributed by atoms with Crippen molar-refractivity contribution in [3.63, 3.8) is 0 Å². The number of hydrogen-bond donors (Lipinski definition) is 1. The summed E-state index contributed by atoms with van der Waals surface area (Å²) in [5.74, 6) is 1.41. The zero-order valence-corrected chi connectivity index (χ0v) is 14.8. The molecule has 1 saturated carbocycles. The van der Waals surface area contributed by atoms with E-state index in [1.165, 1.54) is 30.0 Å². The van der Waals surface area contributed by atoms with Crippen molar-refractivity contribution in [1.82, 2.24) is 14.8 Å². The normalized spacial score (nSPS) is 13.9. The van der Waals surface area contributed by atoms with Gasteiger partial charge in [-0.1, -0.05) is 17.8 Å². The number of benzene rings is 1. The Balaban J connectivity index is 1.63. The van der Waals surface area contributed by atoms with Gasteiger partial charge in [-0.3, -0.25) is 14.9 Å². The SMILES string of the molecule is CC(C)n1c(SCC(=O)Nc2cccc([N+](=O)[O-])c2)nnc1C1CC1. The molecule has 2 aromatic rings. The van der Waals surface area contributed by atoms with E-state index >= 15 is 0 Å². The minimum Gasteiger partial charge on any atom is -0.325 e. The van der Waals surface area contributed by atoms with Crippen LogP contribution in [0.1, 0.15) is 44.5 Å². The second-order valence-electron chi connectivity index (χ2n) is 6.22. The number of amides is 1. The second kappa shape index (κ2) is 7.22. The molecule has 0 atom stereocenters. The van der Waals surface area contributed by atoms with E-state index in [1.54, 1.807) is 6.07 Å². The van der Waals surface area contributed by atoms with Crippen molar-refractivity contribution >= 4 is 29.0 Å². The van der Waals surface area contributed by atoms with E-state index in [4.69, 9.17) is 0 Å². The predicted octanol–water partition coefficient (Wildman–Crippen LogP) is 3.38. The maximum absolute atomic E-state index is 12.1. The highest BCUT2D eigenvalue weighted by atomic mass is 32.2. The van der Waals surface area contributed by atoms with Crippen LogP contribution in [0.15, 0.2) is 29.4 Å². The van der Waals surface area contributed by atoms with Crippen LogP contribution in [0.25, 0.3) is 0 Å². The Hall–Kier alpha value is -2.42. The number of aromatic nitrogens is 3. The first-order valence-electron chi connectivity index (χ1n) is 8.07. The summed E-state index contributed by atoms with van der Waals surface area (Å²) < 4.78 is 2.09. The molecular weight excluding hydrogens is 342 g/mol. The number of hydrogen-bond acceptors (Lipinski definition) is 6. The summed E-state index contributed by atoms with van der Waals surface area (Å²) in [4.78, 5) is 22.4. The second-order valence-corrected chi connectivity index (χ2v) is 7.17. The molecule has 3 rings (SSSR count). The van der Waals surface area contributed by atoms with Crippen molar-refractivity contribution in [2.45, 2.75) is 43.8 Å². The van der Waals surface area contributed by atoms with Crippen LogP contribution in [0.4, 0.5) is 11.4 Å². The molecule has 1 heterocycles. The molecule has 0 saturated heterocycles. The molecule has 1 aromatic heterocycles. The van der Waals surface area contributed by atoms with Crippen LogP contribution in [0, 0.1) is 10.1 Å². The number of nitro groups is 1. The monoisotopic (exact) mass is 361 g/mol. The van der Waals surface area contributed by atoms with Crippen LogP contribution in [-0.2, 0) is 4.79 Å². The third kappa shape index (κ3) is 4.16. The zero-order chi connectivity index (χ0) is 18.0. The van der Waals surface area contributed by atoms with Gasteiger partial charge in [0.1, 0.15) is 5.82 Å². The highest BCUT2D eigenvalue weighted by Gasteiger charge is 2.31. The highest BCUT2D eigenvalue weighted by Crippen LogP contribution is 2.41. The number of nitrogens with one attached hydrogen (secondary N) is 1. The van der Waals surface area contributed by atoms with Gasteiger partial charge in [-0.15, -0.1) is 10.2 Å². The number of carbonyl (C=O) groups excluding carboxylic acids is 1. The Labute approximate surface area is 149 Å². The lowest BCUT2D eigenvalue weighted by atomic mass is 10.3. The molecule has 25 heavy (non-hydrogen) atoms. The Kier molecular flexibility index (Phi) is 5.03. The molecule has 9 heteroatoms. The minimum absolute atomic E-state index is 0.0564. The van der Waals surface area contributed by atoms with Crippen LogP contribution in [0.5, 0.6) is 0 Å². The Morgan fingerprint density at radius 2 is 2.20 bits per heavy atom. The summed E-state index contributed by atoms with van der Waals surface area (Å²) in [6.45, 7) is 4.14. The molecule has 0 bridgehead atoms. The van der Waals surface area contributed by atoms with Crippen LogP contribution in [0.3, 0.4) is 0 Å². The highest BCUT2D eigenvalue weighted by molar-refractivity contribution is 7.99. The van der Waals surface area contributed by atoms with Crippen LogP contribution in [0.2, 0.25) is 0 Å². The van der Waals surface area contributed by atoms with Crippen LogP contribution < -0.4 is 5.32 Å². The average molecular weight is 361 g/mol. The number of carbonyl (C=O) groups is 1. The maximum atomic E-state index is 12.1. The number of anilines is 1. The lowest BCUT2D eigenvalue weighted by molar-refractivity contribution is -0.384. The Bertz CT molecular complexity index is 801. The summed E-state index contributed by atoms with van der Waals surface area (Å²) in [7, 11) is 0. The fourth-order valence-corrected chi connectivity index (χ4v) is 3.39. The fourth-order valence-electron chi connectivity index (χ4n) is 2.52. The van der Waals surface area contributed by atoms with Gasteiger partial charge in [0.2, 0.25) is 5.91 Å². The van der Waals surface area contributed by atoms with Crippen molar-refractivity contribution in [2.24, 2.45) is 0 Å². The van der Waals surface area contributed by atoms with Gasteiger partial charge < -0.3 is 9.88 Å². The topological polar surface area (TPSA) is 103 Å². The van der Waals surface area contributed by atoms with Gasteiger partial charge in [-0.05, 0) is 32.8 Å². The molecule has 0 radical (unpaired) electrons. The molecule has 1 amide bonds. The number of non-ortho nitro benzene ring substituents is 1. The standard InChI is InChI=1S/C16H19N5O3S/c1-10(2)20-15(11-6-7-11)18-19-16(20)25-9-14(22)17-12-4-3-5-13(8-12)21(23)24/h3-5,8,10-11H,6-7,9H2,1-2H3,(H,17,22). The Morgan fingerprint density at radius 1 is 1.44 bits per heavy atom. The molecule has 1 aromatic carbocycles. The Morgan fingerprint density at radius 3 is 2.84 bits per heavy atom. The summed E-state index contributed by atoms with van der Waals surface area (Å²) in [6.07, 6.45) is 2.28. The van der Waals surface area contributed by atoms with Gasteiger partial charge >= 0.3 is 0 Å². The molecule has 0 unspecified atom stereocenters. The van der Waals surface area contributed by atoms with Gasteiger partial charge in [0, 0.05) is 29.8 Å². The molecule has 0 spiro atoms. The molecule has 1 aliphatic carbocycles. The first-order chi connectivity index (χ1) is 12.0. The van der Waals surface area contributed by atoms with E-state index in [0.29, 0.717) is 11.6 Å². The van der Waals surface area contributed by atoms with Crippen molar-refractivity contribution in [2.75, 3.05) is 11.1 Å². The molecular formula is C16H19N5O3S. The van der Waals surface area contributed by atoms with Crippen molar-refractivity contribution < 1.29 is 9.72 Å². The van der Waals surface area contributed by atoms with Crippen LogP contribution in [-0.4, -0.2) is 31.3 Å². The maximum Gasteiger partial charge on any atom is 0.271 e. The number of nitrogens with zero attached hydrogens (tertiary/aromatic N) is 4. The van der Waals surface area contributed by atoms with E-state index in [-0.39, 0.29) is 23.4 Å². The smallest absolute Gasteiger partial charge is 0.271 e. The lowest BCUT2D eigenvalue weighted by Gasteiger charge is -2.13. The van der Waals surface area contributed by atoms with Gasteiger partial charge in [0.05, 0.1) is 10.7 Å². The van der Waals surface area contributed by atoms with Crippen molar-refractivity contribution in [3.05, 3.63) is 40.2 Å². The zero-order valence-electron chi connectivity index (χ0n) is 14.0. The van der Waals surface area contributed by atoms with E-state index in [9.17, 15) is 14.9 Å². The largest absolute Gasteiger partial charge is 0.325 e. The van der Waals surface area contributed by atoms with Crippen molar-refractivity contribution in [1.29, 1.82) is 0 Å². The molecule has 8 nitrogen and oxygen atoms in total. The first kappa shape index (κ1) is 17.4. The quantitative estimate of drug-likeness (QED) is 0.461. The third-order valence-electron chi connectivity index (χ3n) is 3.82. The van der Waals surface area contributed by atoms with Gasteiger partial charge in [0.25, 0.3) is 5.69 Å². The summed E-state index contributed by atoms with van der Waals surface area (Å²) in [5.41, 5.74) is 0.350. The number of thioether (sulfide) groups is 1. The summed E-state index contributed by atoms with van der Waals surface area (Å²) in [5, 5.41) is 22.7. The van der Waals surface area contributed by atoms with Gasteiger partial charge in [-0.25, -0.2) is 0 Å². The fraction of sp³-hybridized carbons (Fsp3) is 0.438. The third-order valence-corrected chi connectivity index (χ3v) is 4.77.